The van der Waals surface area contributed by atoms with Crippen LogP contribution in [0, 0.1) is 17.0 Å². The van der Waals surface area contributed by atoms with Gasteiger partial charge in [0.25, 0.3) is 5.69 Å². The molecule has 0 fully saturated rings. The second kappa shape index (κ2) is 5.61. The summed E-state index contributed by atoms with van der Waals surface area (Å²) < 4.78 is 28.1. The first-order valence-electron chi connectivity index (χ1n) is 5.04. The summed E-state index contributed by atoms with van der Waals surface area (Å²) in [7, 11) is -2.99. The van der Waals surface area contributed by atoms with Crippen molar-refractivity contribution in [3.63, 3.8) is 0 Å². The number of hydrogen-bond donors (Lipinski definition) is 0. The number of carbonyl (C=O) groups excluding carboxylic acids is 1. The molecule has 102 valence electrons. The van der Waals surface area contributed by atoms with E-state index in [4.69, 9.17) is 0 Å². The number of nitro groups is 1. The van der Waals surface area contributed by atoms with Crippen molar-refractivity contribution in [2.75, 3.05) is 7.11 Å². The fourth-order valence-electron chi connectivity index (χ4n) is 1.29. The second-order valence-corrected chi connectivity index (χ2v) is 5.40. The third-order valence-electron chi connectivity index (χ3n) is 2.20. The van der Waals surface area contributed by atoms with Gasteiger partial charge in [-0.05, 0) is 18.6 Å². The van der Waals surface area contributed by atoms with Crippen LogP contribution in [0.3, 0.4) is 0 Å². The van der Waals surface area contributed by atoms with E-state index in [-0.39, 0.29) is 0 Å². The maximum Gasteiger partial charge on any atom is 0.331 e. The van der Waals surface area contributed by atoms with Gasteiger partial charge >= 0.3 is 5.97 Å². The van der Waals surface area contributed by atoms with E-state index in [2.05, 4.69) is 4.74 Å². The first-order chi connectivity index (χ1) is 8.77. The molecule has 0 aliphatic heterocycles. The van der Waals surface area contributed by atoms with Crippen molar-refractivity contribution in [3.8, 4) is 0 Å². The predicted octanol–water partition coefficient (Wildman–Crippen LogP) is 1.36. The van der Waals surface area contributed by atoms with Gasteiger partial charge in [0.05, 0.1) is 12.0 Å². The van der Waals surface area contributed by atoms with Crippen molar-refractivity contribution < 1.29 is 22.9 Å². The van der Waals surface area contributed by atoms with Crippen LogP contribution >= 0.6 is 0 Å². The number of carbonyl (C=O) groups is 1. The number of ether oxygens (including phenoxy) is 1. The first kappa shape index (κ1) is 14.8. The number of sulfone groups is 1. The molecular weight excluding hydrogens is 274 g/mol. The van der Waals surface area contributed by atoms with E-state index in [1.807, 2.05) is 0 Å². The van der Waals surface area contributed by atoms with E-state index in [0.29, 0.717) is 17.0 Å². The molecule has 0 N–H and O–H groups in total. The summed E-state index contributed by atoms with van der Waals surface area (Å²) in [5, 5.41) is 11.4. The molecule has 19 heavy (non-hydrogen) atoms. The Hall–Kier alpha value is -2.22. The average molecular weight is 285 g/mol. The minimum Gasteiger partial charge on any atom is -0.466 e. The van der Waals surface area contributed by atoms with Crippen molar-refractivity contribution in [3.05, 3.63) is 45.4 Å². The summed E-state index contributed by atoms with van der Waals surface area (Å²) >= 11 is 0. The number of methoxy groups -OCH3 is 1. The second-order valence-electron chi connectivity index (χ2n) is 3.60. The lowest BCUT2D eigenvalue weighted by molar-refractivity contribution is -0.387. The van der Waals surface area contributed by atoms with Gasteiger partial charge in [0.2, 0.25) is 9.84 Å². The quantitative estimate of drug-likeness (QED) is 0.358. The van der Waals surface area contributed by atoms with Gasteiger partial charge < -0.3 is 4.74 Å². The number of nitro benzene ring substituents is 1. The largest absolute Gasteiger partial charge is 0.466 e. The lowest BCUT2D eigenvalue weighted by atomic mass is 10.2. The highest BCUT2D eigenvalue weighted by molar-refractivity contribution is 7.94. The fourth-order valence-corrected chi connectivity index (χ4v) is 2.51. The molecule has 0 aromatic heterocycles. The van der Waals surface area contributed by atoms with Gasteiger partial charge in [0.15, 0.2) is 0 Å². The number of hydrogen-bond acceptors (Lipinski definition) is 6. The highest BCUT2D eigenvalue weighted by Crippen LogP contribution is 2.26. The zero-order valence-corrected chi connectivity index (χ0v) is 11.0. The average Bonchev–Trinajstić information content (AvgIpc) is 2.35. The van der Waals surface area contributed by atoms with Crippen LogP contribution in [0.5, 0.6) is 0 Å². The van der Waals surface area contributed by atoms with Crippen LogP contribution in [-0.4, -0.2) is 26.4 Å². The summed E-state index contributed by atoms with van der Waals surface area (Å²) in [6.45, 7) is 1.60. The van der Waals surface area contributed by atoms with E-state index in [0.717, 1.165) is 13.2 Å². The maximum atomic E-state index is 11.9. The molecule has 0 unspecified atom stereocenters. The molecule has 0 aliphatic carbocycles. The SMILES string of the molecule is COC(=O)/C=C/S(=O)(=O)c1cc(C)ccc1[N+](=O)[O-]. The van der Waals surface area contributed by atoms with Crippen LogP contribution in [0.1, 0.15) is 5.56 Å². The molecule has 0 atom stereocenters. The lowest BCUT2D eigenvalue weighted by Gasteiger charge is -2.02. The van der Waals surface area contributed by atoms with Crippen LogP contribution in [0.4, 0.5) is 5.69 Å². The molecule has 1 aromatic carbocycles. The summed E-state index contributed by atoms with van der Waals surface area (Å²) in [6.07, 6.45) is 0.696. The van der Waals surface area contributed by atoms with E-state index < -0.39 is 31.3 Å². The molecule has 0 radical (unpaired) electrons. The predicted molar refractivity (Wildman–Crippen MR) is 66.2 cm³/mol. The Morgan fingerprint density at radius 3 is 2.58 bits per heavy atom. The molecule has 1 aromatic rings. The Kier molecular flexibility index (Phi) is 4.38. The Labute approximate surface area is 109 Å². The van der Waals surface area contributed by atoms with E-state index in [1.54, 1.807) is 6.92 Å². The fraction of sp³-hybridized carbons (Fsp3) is 0.182. The summed E-state index contributed by atoms with van der Waals surface area (Å²) in [5.74, 6) is -0.862. The third kappa shape index (κ3) is 3.62. The number of aryl methyl sites for hydroxylation is 1. The van der Waals surface area contributed by atoms with Crippen molar-refractivity contribution in [1.29, 1.82) is 0 Å². The first-order valence-corrected chi connectivity index (χ1v) is 6.58. The van der Waals surface area contributed by atoms with Crippen LogP contribution in [0.2, 0.25) is 0 Å². The minimum absolute atomic E-state index is 0.461. The Bertz CT molecular complexity index is 647. The molecule has 8 heteroatoms. The minimum atomic E-state index is -4.09. The highest BCUT2D eigenvalue weighted by atomic mass is 32.2. The normalized spacial score (nSPS) is 11.5. The monoisotopic (exact) mass is 285 g/mol. The Morgan fingerprint density at radius 2 is 2.05 bits per heavy atom. The Morgan fingerprint density at radius 1 is 1.42 bits per heavy atom. The van der Waals surface area contributed by atoms with Gasteiger partial charge in [-0.3, -0.25) is 10.1 Å². The highest BCUT2D eigenvalue weighted by Gasteiger charge is 2.23. The van der Waals surface area contributed by atoms with E-state index in [1.165, 1.54) is 12.1 Å². The van der Waals surface area contributed by atoms with Gasteiger partial charge in [-0.15, -0.1) is 0 Å². The zero-order valence-electron chi connectivity index (χ0n) is 10.2. The third-order valence-corrected chi connectivity index (χ3v) is 3.64. The summed E-state index contributed by atoms with van der Waals surface area (Å²) in [5.41, 5.74) is 0.00996. The van der Waals surface area contributed by atoms with Gasteiger partial charge in [-0.25, -0.2) is 13.2 Å². The summed E-state index contributed by atoms with van der Waals surface area (Å²) in [4.78, 5) is 20.4. The number of nitrogens with zero attached hydrogens (tertiary/aromatic N) is 1. The van der Waals surface area contributed by atoms with Gasteiger partial charge in [0, 0.05) is 17.6 Å². The van der Waals surface area contributed by atoms with Crippen LogP contribution in [0.15, 0.2) is 34.6 Å². The molecule has 0 aliphatic rings. The zero-order chi connectivity index (χ0) is 14.6. The molecular formula is C11H11NO6S. The van der Waals surface area contributed by atoms with Crippen LogP contribution in [0.25, 0.3) is 0 Å². The molecule has 0 heterocycles. The molecule has 0 saturated heterocycles. The number of rotatable bonds is 4. The van der Waals surface area contributed by atoms with Crippen molar-refractivity contribution in [1.82, 2.24) is 0 Å². The molecule has 1 rings (SSSR count). The van der Waals surface area contributed by atoms with Crippen LogP contribution < -0.4 is 0 Å². The number of esters is 1. The standard InChI is InChI=1S/C11H11NO6S/c1-8-3-4-9(12(14)15)10(7-8)19(16,17)6-5-11(13)18-2/h3-7H,1-2H3/b6-5+. The molecule has 0 amide bonds. The Balaban J connectivity index is 3.36. The smallest absolute Gasteiger partial charge is 0.331 e. The molecule has 0 bridgehead atoms. The van der Waals surface area contributed by atoms with Crippen molar-refractivity contribution in [2.24, 2.45) is 0 Å². The van der Waals surface area contributed by atoms with Crippen LogP contribution in [-0.2, 0) is 19.4 Å². The lowest BCUT2D eigenvalue weighted by Crippen LogP contribution is -2.04. The van der Waals surface area contributed by atoms with E-state index >= 15 is 0 Å². The van der Waals surface area contributed by atoms with E-state index in [9.17, 15) is 23.3 Å². The van der Waals surface area contributed by atoms with Gasteiger partial charge in [0.1, 0.15) is 4.90 Å². The van der Waals surface area contributed by atoms with Gasteiger partial charge in [-0.1, -0.05) is 6.07 Å². The van der Waals surface area contributed by atoms with Crippen molar-refractivity contribution >= 4 is 21.5 Å². The number of benzene rings is 1. The molecule has 0 saturated carbocycles. The topological polar surface area (TPSA) is 104 Å². The summed E-state index contributed by atoms with van der Waals surface area (Å²) in [6, 6.07) is 3.71. The van der Waals surface area contributed by atoms with Crippen molar-refractivity contribution in [2.45, 2.75) is 11.8 Å². The maximum absolute atomic E-state index is 11.9. The molecule has 0 spiro atoms. The molecule has 7 nitrogen and oxygen atoms in total. The van der Waals surface area contributed by atoms with Gasteiger partial charge in [-0.2, -0.15) is 0 Å².